The van der Waals surface area contributed by atoms with E-state index < -0.39 is 0 Å². The van der Waals surface area contributed by atoms with Gasteiger partial charge in [-0.15, -0.1) is 0 Å². The molecule has 122 valence electrons. The van der Waals surface area contributed by atoms with Crippen molar-refractivity contribution in [3.8, 4) is 0 Å². The third-order valence-electron chi connectivity index (χ3n) is 4.63. The Morgan fingerprint density at radius 3 is 3.09 bits per heavy atom. The van der Waals surface area contributed by atoms with E-state index in [1.807, 2.05) is 26.1 Å². The van der Waals surface area contributed by atoms with Crippen molar-refractivity contribution < 1.29 is 9.18 Å². The molecule has 1 N–H and O–H groups in total. The number of carbonyl (C=O) groups is 1. The Hall–Kier alpha value is -2.17. The number of hydrogen-bond donors (Lipinski definition) is 1. The van der Waals surface area contributed by atoms with Crippen molar-refractivity contribution >= 4 is 5.91 Å². The van der Waals surface area contributed by atoms with Gasteiger partial charge in [0.1, 0.15) is 11.6 Å². The molecule has 4 nitrogen and oxygen atoms in total. The average Bonchev–Trinajstić information content (AvgIpc) is 3.00. The highest BCUT2D eigenvalue weighted by atomic mass is 19.1. The summed E-state index contributed by atoms with van der Waals surface area (Å²) in [7, 11) is 0. The van der Waals surface area contributed by atoms with E-state index in [-0.39, 0.29) is 23.1 Å². The summed E-state index contributed by atoms with van der Waals surface area (Å²) in [5.74, 6) is 0.749. The molecule has 0 unspecified atom stereocenters. The lowest BCUT2D eigenvalue weighted by atomic mass is 9.84. The van der Waals surface area contributed by atoms with Crippen LogP contribution < -0.4 is 5.32 Å². The van der Waals surface area contributed by atoms with Crippen LogP contribution in [0.5, 0.6) is 0 Å². The van der Waals surface area contributed by atoms with Gasteiger partial charge in [0.2, 0.25) is 5.91 Å². The second-order valence-corrected chi connectivity index (χ2v) is 6.84. The van der Waals surface area contributed by atoms with Gasteiger partial charge in [0.15, 0.2) is 0 Å². The maximum absolute atomic E-state index is 13.4. The molecule has 0 radical (unpaired) electrons. The molecule has 2 aromatic rings. The number of fused-ring (bicyclic) bond motifs is 1. The Kier molecular flexibility index (Phi) is 4.20. The van der Waals surface area contributed by atoms with Gasteiger partial charge >= 0.3 is 0 Å². The van der Waals surface area contributed by atoms with Crippen LogP contribution in [0.25, 0.3) is 0 Å². The Bertz CT molecular complexity index is 708. The van der Waals surface area contributed by atoms with Gasteiger partial charge in [-0.3, -0.25) is 4.79 Å². The van der Waals surface area contributed by atoms with Gasteiger partial charge in [-0.1, -0.05) is 26.0 Å². The van der Waals surface area contributed by atoms with Crippen molar-refractivity contribution in [2.24, 2.45) is 5.92 Å². The maximum atomic E-state index is 13.4. The molecule has 0 aliphatic carbocycles. The van der Waals surface area contributed by atoms with Crippen molar-refractivity contribution in [1.29, 1.82) is 0 Å². The van der Waals surface area contributed by atoms with Crippen molar-refractivity contribution in [3.63, 3.8) is 0 Å². The summed E-state index contributed by atoms with van der Waals surface area (Å²) in [5, 5.41) is 3.04. The molecule has 3 rings (SSSR count). The van der Waals surface area contributed by atoms with Crippen LogP contribution in [0.3, 0.4) is 0 Å². The number of amides is 1. The number of imidazole rings is 1. The van der Waals surface area contributed by atoms with Gasteiger partial charge in [0, 0.05) is 43.2 Å². The highest BCUT2D eigenvalue weighted by molar-refractivity contribution is 5.79. The number of benzene rings is 1. The van der Waals surface area contributed by atoms with Crippen molar-refractivity contribution in [3.05, 3.63) is 53.9 Å². The van der Waals surface area contributed by atoms with E-state index in [1.165, 1.54) is 12.1 Å². The standard InChI is InChI=1S/C18H22FN3O/c1-18(2,14-4-3-5-15(19)11-14)12-21-17(23)13-6-8-22-9-7-20-16(22)10-13/h3-5,7,9,11,13H,6,8,10,12H2,1-2H3,(H,21,23)/t13-/m0/s1. The second kappa shape index (κ2) is 6.14. The third-order valence-corrected chi connectivity index (χ3v) is 4.63. The molecule has 5 heteroatoms. The van der Waals surface area contributed by atoms with Crippen LogP contribution in [-0.2, 0) is 23.2 Å². The average molecular weight is 315 g/mol. The van der Waals surface area contributed by atoms with Crippen molar-refractivity contribution in [1.82, 2.24) is 14.9 Å². The fraction of sp³-hybridized carbons (Fsp3) is 0.444. The van der Waals surface area contributed by atoms with Crippen LogP contribution >= 0.6 is 0 Å². The van der Waals surface area contributed by atoms with Crippen LogP contribution in [0, 0.1) is 11.7 Å². The molecule has 23 heavy (non-hydrogen) atoms. The molecule has 0 spiro atoms. The molecule has 1 atom stereocenters. The van der Waals surface area contributed by atoms with Gasteiger partial charge in [-0.25, -0.2) is 9.37 Å². The van der Waals surface area contributed by atoms with Crippen molar-refractivity contribution in [2.45, 2.75) is 38.6 Å². The number of halogens is 1. The van der Waals surface area contributed by atoms with E-state index in [2.05, 4.69) is 14.9 Å². The molecule has 1 aromatic heterocycles. The summed E-state index contributed by atoms with van der Waals surface area (Å²) < 4.78 is 15.5. The Morgan fingerprint density at radius 2 is 2.30 bits per heavy atom. The fourth-order valence-corrected chi connectivity index (χ4v) is 3.04. The largest absolute Gasteiger partial charge is 0.355 e. The lowest BCUT2D eigenvalue weighted by molar-refractivity contribution is -0.125. The number of carbonyl (C=O) groups excluding carboxylic acids is 1. The number of rotatable bonds is 4. The molecule has 1 aliphatic rings. The van der Waals surface area contributed by atoms with Gasteiger partial charge in [-0.2, -0.15) is 0 Å². The predicted molar refractivity (Wildman–Crippen MR) is 86.5 cm³/mol. The third kappa shape index (κ3) is 3.44. The minimum Gasteiger partial charge on any atom is -0.355 e. The van der Waals surface area contributed by atoms with Crippen LogP contribution in [0.2, 0.25) is 0 Å². The van der Waals surface area contributed by atoms with E-state index in [4.69, 9.17) is 0 Å². The van der Waals surface area contributed by atoms with Gasteiger partial charge < -0.3 is 9.88 Å². The molecular weight excluding hydrogens is 293 g/mol. The normalized spacial score (nSPS) is 17.6. The lowest BCUT2D eigenvalue weighted by Gasteiger charge is -2.28. The lowest BCUT2D eigenvalue weighted by Crippen LogP contribution is -2.41. The van der Waals surface area contributed by atoms with E-state index in [9.17, 15) is 9.18 Å². The summed E-state index contributed by atoms with van der Waals surface area (Å²) in [6, 6.07) is 6.56. The first kappa shape index (κ1) is 15.7. The number of nitrogens with zero attached hydrogens (tertiary/aromatic N) is 2. The van der Waals surface area contributed by atoms with Gasteiger partial charge in [-0.05, 0) is 24.1 Å². The zero-order valence-electron chi connectivity index (χ0n) is 13.6. The quantitative estimate of drug-likeness (QED) is 0.943. The first-order valence-corrected chi connectivity index (χ1v) is 7.99. The molecule has 0 saturated heterocycles. The highest BCUT2D eigenvalue weighted by Gasteiger charge is 2.27. The monoisotopic (exact) mass is 315 g/mol. The zero-order chi connectivity index (χ0) is 16.4. The highest BCUT2D eigenvalue weighted by Crippen LogP contribution is 2.24. The second-order valence-electron chi connectivity index (χ2n) is 6.84. The van der Waals surface area contributed by atoms with Crippen LogP contribution in [-0.4, -0.2) is 22.0 Å². The molecule has 0 saturated carbocycles. The van der Waals surface area contributed by atoms with Crippen molar-refractivity contribution in [2.75, 3.05) is 6.54 Å². The summed E-state index contributed by atoms with van der Waals surface area (Å²) in [4.78, 5) is 16.7. The molecule has 2 heterocycles. The summed E-state index contributed by atoms with van der Waals surface area (Å²) >= 11 is 0. The first-order valence-electron chi connectivity index (χ1n) is 7.99. The fourth-order valence-electron chi connectivity index (χ4n) is 3.04. The van der Waals surface area contributed by atoms with E-state index in [1.54, 1.807) is 12.3 Å². The first-order chi connectivity index (χ1) is 11.0. The molecule has 0 fully saturated rings. The molecular formula is C18H22FN3O. The van der Waals surface area contributed by atoms with Crippen LogP contribution in [0.1, 0.15) is 31.7 Å². The molecule has 1 aromatic carbocycles. The van der Waals surface area contributed by atoms with E-state index >= 15 is 0 Å². The van der Waals surface area contributed by atoms with Gasteiger partial charge in [0.05, 0.1) is 0 Å². The van der Waals surface area contributed by atoms with Gasteiger partial charge in [0.25, 0.3) is 0 Å². The molecule has 0 bridgehead atoms. The number of nitrogens with one attached hydrogen (secondary N) is 1. The topological polar surface area (TPSA) is 46.9 Å². The minimum atomic E-state index is -0.315. The summed E-state index contributed by atoms with van der Waals surface area (Å²) in [5.41, 5.74) is 0.572. The van der Waals surface area contributed by atoms with Crippen LogP contribution in [0.4, 0.5) is 4.39 Å². The minimum absolute atomic E-state index is 0.0341. The predicted octanol–water partition coefficient (Wildman–Crippen LogP) is 2.68. The number of hydrogen-bond acceptors (Lipinski definition) is 2. The summed E-state index contributed by atoms with van der Waals surface area (Å²) in [6.45, 7) is 5.34. The number of aromatic nitrogens is 2. The van der Waals surface area contributed by atoms with Crippen LogP contribution in [0.15, 0.2) is 36.7 Å². The van der Waals surface area contributed by atoms with E-state index in [0.29, 0.717) is 13.0 Å². The zero-order valence-corrected chi connectivity index (χ0v) is 13.6. The Morgan fingerprint density at radius 1 is 1.48 bits per heavy atom. The molecule has 1 amide bonds. The van der Waals surface area contributed by atoms with E-state index in [0.717, 1.165) is 24.4 Å². The maximum Gasteiger partial charge on any atom is 0.223 e. The summed E-state index contributed by atoms with van der Waals surface area (Å²) in [6.07, 6.45) is 5.24. The molecule has 1 aliphatic heterocycles. The smallest absolute Gasteiger partial charge is 0.223 e. The number of aryl methyl sites for hydroxylation is 1. The SMILES string of the molecule is CC(C)(CNC(=O)[C@H]1CCn2ccnc2C1)c1cccc(F)c1. The Labute approximate surface area is 135 Å². The Balaban J connectivity index is 1.60.